The topological polar surface area (TPSA) is 41.6 Å². The molecule has 4 rings (SSSR count). The number of fused-ring (bicyclic) bond motifs is 1. The third kappa shape index (κ3) is 5.50. The van der Waals surface area contributed by atoms with E-state index >= 15 is 0 Å². The summed E-state index contributed by atoms with van der Waals surface area (Å²) >= 11 is 0. The van der Waals surface area contributed by atoms with Crippen LogP contribution in [0.4, 0.5) is 4.39 Å². The number of rotatable bonds is 8. The van der Waals surface area contributed by atoms with E-state index in [-0.39, 0.29) is 17.8 Å². The molecular weight excluding hydrogens is 403 g/mol. The minimum atomic E-state index is -0.248. The van der Waals surface area contributed by atoms with Crippen LogP contribution in [0.5, 0.6) is 5.75 Å². The van der Waals surface area contributed by atoms with E-state index in [9.17, 15) is 9.18 Å². The molecule has 0 bridgehead atoms. The molecule has 1 heterocycles. The average Bonchev–Trinajstić information content (AvgIpc) is 3.34. The Morgan fingerprint density at radius 2 is 1.78 bits per heavy atom. The van der Waals surface area contributed by atoms with E-state index in [1.54, 1.807) is 12.1 Å². The van der Waals surface area contributed by atoms with Crippen molar-refractivity contribution in [2.45, 2.75) is 58.7 Å². The minimum Gasteiger partial charge on any atom is -0.493 e. The minimum absolute atomic E-state index is 0.135. The van der Waals surface area contributed by atoms with Crippen molar-refractivity contribution in [2.75, 3.05) is 13.2 Å². The first-order valence-corrected chi connectivity index (χ1v) is 11.9. The van der Waals surface area contributed by atoms with Gasteiger partial charge in [0.15, 0.2) is 0 Å². The van der Waals surface area contributed by atoms with Gasteiger partial charge < -0.3 is 15.0 Å². The highest BCUT2D eigenvalue weighted by Crippen LogP contribution is 2.40. The van der Waals surface area contributed by atoms with Crippen LogP contribution in [0.1, 0.15) is 44.7 Å². The van der Waals surface area contributed by atoms with E-state index in [4.69, 9.17) is 4.74 Å². The number of carbonyl (C=O) groups is 1. The molecule has 0 radical (unpaired) electrons. The number of benzene rings is 2. The lowest BCUT2D eigenvalue weighted by atomic mass is 9.95. The van der Waals surface area contributed by atoms with Crippen LogP contribution in [-0.4, -0.2) is 36.0 Å². The van der Waals surface area contributed by atoms with Crippen molar-refractivity contribution in [3.05, 3.63) is 65.5 Å². The zero-order valence-corrected chi connectivity index (χ0v) is 19.4. The number of amides is 1. The van der Waals surface area contributed by atoms with Crippen LogP contribution in [0.2, 0.25) is 0 Å². The third-order valence-electron chi connectivity index (χ3n) is 6.96. The van der Waals surface area contributed by atoms with Gasteiger partial charge in [0.25, 0.3) is 0 Å². The SMILES string of the molecule is CC(C)COc1ccc(CC(=O)N(Cc2ccc(F)cc2)[C@H]2C[C@@H]3CN[C@@H](C)[C@H]3C2)cc1. The molecule has 1 amide bonds. The molecule has 1 saturated heterocycles. The van der Waals surface area contributed by atoms with Crippen LogP contribution in [-0.2, 0) is 17.8 Å². The van der Waals surface area contributed by atoms with Crippen molar-refractivity contribution in [3.63, 3.8) is 0 Å². The predicted molar refractivity (Wildman–Crippen MR) is 125 cm³/mol. The van der Waals surface area contributed by atoms with Gasteiger partial charge in [0, 0.05) is 18.6 Å². The Balaban J connectivity index is 1.46. The Hall–Kier alpha value is -2.40. The summed E-state index contributed by atoms with van der Waals surface area (Å²) in [5.41, 5.74) is 1.96. The Labute approximate surface area is 191 Å². The highest BCUT2D eigenvalue weighted by Gasteiger charge is 2.44. The van der Waals surface area contributed by atoms with E-state index in [2.05, 4.69) is 26.1 Å². The highest BCUT2D eigenvalue weighted by atomic mass is 19.1. The summed E-state index contributed by atoms with van der Waals surface area (Å²) in [7, 11) is 0. The second kappa shape index (κ2) is 10.0. The fourth-order valence-corrected chi connectivity index (χ4v) is 5.17. The molecule has 0 unspecified atom stereocenters. The summed E-state index contributed by atoms with van der Waals surface area (Å²) in [6, 6.07) is 15.1. The molecule has 2 fully saturated rings. The molecule has 2 aromatic carbocycles. The van der Waals surface area contributed by atoms with Gasteiger partial charge in [-0.25, -0.2) is 4.39 Å². The number of nitrogens with zero attached hydrogens (tertiary/aromatic N) is 1. The first kappa shape index (κ1) is 22.8. The quantitative estimate of drug-likeness (QED) is 0.643. The lowest BCUT2D eigenvalue weighted by Crippen LogP contribution is -2.40. The summed E-state index contributed by atoms with van der Waals surface area (Å²) in [6.45, 7) is 8.75. The predicted octanol–water partition coefficient (Wildman–Crippen LogP) is 4.82. The number of halogens is 1. The molecule has 0 aromatic heterocycles. The number of nitrogens with one attached hydrogen (secondary N) is 1. The van der Waals surface area contributed by atoms with Gasteiger partial charge in [-0.15, -0.1) is 0 Å². The summed E-state index contributed by atoms with van der Waals surface area (Å²) in [4.78, 5) is 15.5. The normalized spacial score (nSPS) is 24.5. The zero-order chi connectivity index (χ0) is 22.7. The number of hydrogen-bond acceptors (Lipinski definition) is 3. The maximum Gasteiger partial charge on any atom is 0.227 e. The van der Waals surface area contributed by atoms with Crippen LogP contribution < -0.4 is 10.1 Å². The molecule has 1 aliphatic carbocycles. The van der Waals surface area contributed by atoms with Crippen LogP contribution in [0.25, 0.3) is 0 Å². The molecule has 2 aromatic rings. The van der Waals surface area contributed by atoms with Crippen molar-refractivity contribution < 1.29 is 13.9 Å². The van der Waals surface area contributed by atoms with Crippen LogP contribution in [0.3, 0.4) is 0 Å². The number of carbonyl (C=O) groups excluding carboxylic acids is 1. The lowest BCUT2D eigenvalue weighted by molar-refractivity contribution is -0.133. The van der Waals surface area contributed by atoms with Crippen molar-refractivity contribution >= 4 is 5.91 Å². The maximum absolute atomic E-state index is 13.5. The van der Waals surface area contributed by atoms with Gasteiger partial charge in [0.05, 0.1) is 13.0 Å². The van der Waals surface area contributed by atoms with Crippen molar-refractivity contribution in [1.29, 1.82) is 0 Å². The second-order valence-electron chi connectivity index (χ2n) is 9.92. The standard InChI is InChI=1S/C27H35FN2O2/c1-18(2)17-32-25-10-6-20(7-11-25)12-27(31)30(16-21-4-8-23(28)9-5-21)24-13-22-15-29-19(3)26(22)14-24/h4-11,18-19,22,24,26,29H,12-17H2,1-3H3/t19-,22+,24-,26+/m0/s1. The number of ether oxygens (including phenoxy) is 1. The van der Waals surface area contributed by atoms with Crippen molar-refractivity contribution in [2.24, 2.45) is 17.8 Å². The smallest absolute Gasteiger partial charge is 0.227 e. The highest BCUT2D eigenvalue weighted by molar-refractivity contribution is 5.79. The van der Waals surface area contributed by atoms with Gasteiger partial charge in [0.1, 0.15) is 11.6 Å². The van der Waals surface area contributed by atoms with Gasteiger partial charge in [-0.3, -0.25) is 4.79 Å². The molecule has 172 valence electrons. The molecule has 5 heteroatoms. The van der Waals surface area contributed by atoms with Gasteiger partial charge in [-0.1, -0.05) is 38.1 Å². The van der Waals surface area contributed by atoms with Crippen molar-refractivity contribution in [1.82, 2.24) is 10.2 Å². The Bertz CT molecular complexity index is 897. The van der Waals surface area contributed by atoms with Crippen LogP contribution >= 0.6 is 0 Å². The monoisotopic (exact) mass is 438 g/mol. The number of hydrogen-bond donors (Lipinski definition) is 1. The van der Waals surface area contributed by atoms with Crippen molar-refractivity contribution in [3.8, 4) is 5.75 Å². The Morgan fingerprint density at radius 3 is 2.44 bits per heavy atom. The summed E-state index contributed by atoms with van der Waals surface area (Å²) in [6.07, 6.45) is 2.44. The first-order chi connectivity index (χ1) is 15.4. The largest absolute Gasteiger partial charge is 0.493 e. The Kier molecular flexibility index (Phi) is 7.14. The summed E-state index contributed by atoms with van der Waals surface area (Å²) in [5, 5.41) is 3.57. The molecule has 2 aliphatic rings. The van der Waals surface area contributed by atoms with Crippen LogP contribution in [0.15, 0.2) is 48.5 Å². The fraction of sp³-hybridized carbons (Fsp3) is 0.519. The van der Waals surface area contributed by atoms with Gasteiger partial charge >= 0.3 is 0 Å². The molecule has 4 atom stereocenters. The fourth-order valence-electron chi connectivity index (χ4n) is 5.17. The van der Waals surface area contributed by atoms with Gasteiger partial charge in [-0.2, -0.15) is 0 Å². The van der Waals surface area contributed by atoms with Crippen LogP contribution in [0, 0.1) is 23.6 Å². The van der Waals surface area contributed by atoms with Gasteiger partial charge in [0.2, 0.25) is 5.91 Å². The van der Waals surface area contributed by atoms with E-state index < -0.39 is 0 Å². The molecular formula is C27H35FN2O2. The van der Waals surface area contributed by atoms with E-state index in [0.717, 1.165) is 36.3 Å². The molecule has 4 nitrogen and oxygen atoms in total. The average molecular weight is 439 g/mol. The van der Waals surface area contributed by atoms with E-state index in [1.165, 1.54) is 12.1 Å². The lowest BCUT2D eigenvalue weighted by Gasteiger charge is -2.30. The maximum atomic E-state index is 13.5. The molecule has 1 aliphatic heterocycles. The van der Waals surface area contributed by atoms with E-state index in [0.29, 0.717) is 43.4 Å². The third-order valence-corrected chi connectivity index (χ3v) is 6.96. The molecule has 1 saturated carbocycles. The summed E-state index contributed by atoms with van der Waals surface area (Å²) < 4.78 is 19.2. The van der Waals surface area contributed by atoms with E-state index in [1.807, 2.05) is 29.2 Å². The molecule has 0 spiro atoms. The first-order valence-electron chi connectivity index (χ1n) is 11.9. The second-order valence-corrected chi connectivity index (χ2v) is 9.92. The zero-order valence-electron chi connectivity index (χ0n) is 19.4. The summed E-state index contributed by atoms with van der Waals surface area (Å²) in [5.74, 6) is 2.46. The Morgan fingerprint density at radius 1 is 1.09 bits per heavy atom. The molecule has 1 N–H and O–H groups in total. The molecule has 32 heavy (non-hydrogen) atoms. The van der Waals surface area contributed by atoms with Gasteiger partial charge in [-0.05, 0) is 79.5 Å².